The predicted octanol–water partition coefficient (Wildman–Crippen LogP) is -0.479. The summed E-state index contributed by atoms with van der Waals surface area (Å²) in [6.07, 6.45) is 5.23. The normalized spacial score (nSPS) is 38.3. The monoisotopic (exact) mass is 296 g/mol. The maximum Gasteiger partial charge on any atom is 0.323 e. The minimum atomic E-state index is -0.361. The smallest absolute Gasteiger partial charge is 0.323 e. The van der Waals surface area contributed by atoms with Gasteiger partial charge in [-0.1, -0.05) is 0 Å². The molecule has 8 nitrogen and oxygen atoms in total. The summed E-state index contributed by atoms with van der Waals surface area (Å²) >= 11 is 0. The van der Waals surface area contributed by atoms with Gasteiger partial charge in [0.2, 0.25) is 0 Å². The lowest BCUT2D eigenvalue weighted by Gasteiger charge is -2.38. The van der Waals surface area contributed by atoms with Gasteiger partial charge in [-0.2, -0.15) is 0 Å². The number of rotatable bonds is 4. The van der Waals surface area contributed by atoms with Crippen molar-refractivity contribution in [3.63, 3.8) is 0 Å². The molecule has 0 aromatic heterocycles. The summed E-state index contributed by atoms with van der Waals surface area (Å²) in [4.78, 5) is 30.0. The predicted molar refractivity (Wildman–Crippen MR) is 74.2 cm³/mol. The molecule has 116 valence electrons. The Kier molecular flexibility index (Phi) is 3.83. The molecule has 1 aliphatic carbocycles. The van der Waals surface area contributed by atoms with Crippen LogP contribution in [-0.4, -0.2) is 72.4 Å². The third kappa shape index (κ3) is 2.61. The highest BCUT2D eigenvalue weighted by Crippen LogP contribution is 2.41. The number of aliphatic hydroxyl groups is 1. The van der Waals surface area contributed by atoms with E-state index in [9.17, 15) is 9.90 Å². The molecular formula is C13H20N4O4. The van der Waals surface area contributed by atoms with E-state index in [0.29, 0.717) is 6.42 Å². The second-order valence-electron chi connectivity index (χ2n) is 5.74. The lowest BCUT2D eigenvalue weighted by molar-refractivity contribution is -0.467. The summed E-state index contributed by atoms with van der Waals surface area (Å²) in [5, 5.41) is 12.1. The van der Waals surface area contributed by atoms with Gasteiger partial charge in [-0.25, -0.2) is 19.6 Å². The first-order chi connectivity index (χ1) is 10.1. The second-order valence-corrected chi connectivity index (χ2v) is 5.74. The SMILES string of the molecule is CN(C)/C=N\C1C=CN([C@@H]2C[C@H](CO)C3OO[C@@H]32)C(=O)N1. The lowest BCUT2D eigenvalue weighted by atomic mass is 10.1. The fourth-order valence-electron chi connectivity index (χ4n) is 2.89. The Morgan fingerprint density at radius 2 is 2.29 bits per heavy atom. The molecule has 1 saturated carbocycles. The molecule has 0 radical (unpaired) electrons. The largest absolute Gasteiger partial charge is 0.396 e. The van der Waals surface area contributed by atoms with Crippen LogP contribution in [0.1, 0.15) is 6.42 Å². The third-order valence-corrected chi connectivity index (χ3v) is 3.97. The number of nitrogens with zero attached hydrogens (tertiary/aromatic N) is 3. The number of carbonyl (C=O) groups excluding carboxylic acids is 1. The van der Waals surface area contributed by atoms with Crippen molar-refractivity contribution in [2.24, 2.45) is 10.9 Å². The zero-order valence-corrected chi connectivity index (χ0v) is 12.0. The zero-order valence-electron chi connectivity index (χ0n) is 12.0. The van der Waals surface area contributed by atoms with Gasteiger partial charge in [-0.15, -0.1) is 0 Å². The summed E-state index contributed by atoms with van der Waals surface area (Å²) < 4.78 is 0. The van der Waals surface area contributed by atoms with E-state index in [1.54, 1.807) is 22.3 Å². The van der Waals surface area contributed by atoms with E-state index in [2.05, 4.69) is 10.3 Å². The van der Waals surface area contributed by atoms with E-state index < -0.39 is 0 Å². The van der Waals surface area contributed by atoms with Crippen molar-refractivity contribution >= 4 is 12.4 Å². The number of fused-ring (bicyclic) bond motifs is 1. The lowest BCUT2D eigenvalue weighted by Crippen LogP contribution is -2.56. The van der Waals surface area contributed by atoms with Crippen molar-refractivity contribution < 1.29 is 19.7 Å². The van der Waals surface area contributed by atoms with E-state index in [-0.39, 0.29) is 43.0 Å². The van der Waals surface area contributed by atoms with E-state index >= 15 is 0 Å². The molecule has 8 heteroatoms. The van der Waals surface area contributed by atoms with Crippen LogP contribution in [0.5, 0.6) is 0 Å². The number of hydrogen-bond acceptors (Lipinski definition) is 5. The van der Waals surface area contributed by atoms with Gasteiger partial charge in [-0.3, -0.25) is 4.90 Å². The highest BCUT2D eigenvalue weighted by atomic mass is 17.2. The fraction of sp³-hybridized carbons (Fsp3) is 0.692. The summed E-state index contributed by atoms with van der Waals surface area (Å²) in [6.45, 7) is 0.0377. The molecule has 2 aliphatic heterocycles. The molecule has 3 rings (SSSR count). The van der Waals surface area contributed by atoms with E-state index in [0.717, 1.165) is 0 Å². The Hall–Kier alpha value is -1.64. The molecule has 5 atom stereocenters. The molecule has 2 fully saturated rings. The Bertz CT molecular complexity index is 465. The van der Waals surface area contributed by atoms with Gasteiger partial charge in [0.05, 0.1) is 12.4 Å². The standard InChI is InChI=1S/C13H20N4O4/c1-16(2)7-14-10-3-4-17(13(19)15-10)9-5-8(6-18)11-12(9)21-20-11/h3-4,7-12,18H,5-6H2,1-2H3,(H,15,19)/b14-7-/t8-,9-,10?,11?,12-/m1/s1. The Morgan fingerprint density at radius 3 is 2.81 bits per heavy atom. The summed E-state index contributed by atoms with van der Waals surface area (Å²) in [6, 6.07) is -0.327. The van der Waals surface area contributed by atoms with Crippen molar-refractivity contribution in [1.29, 1.82) is 0 Å². The molecule has 2 unspecified atom stereocenters. The molecule has 2 heterocycles. The van der Waals surface area contributed by atoms with Gasteiger partial charge in [-0.05, 0) is 12.5 Å². The average molecular weight is 296 g/mol. The number of urea groups is 1. The first-order valence-electron chi connectivity index (χ1n) is 7.00. The summed E-state index contributed by atoms with van der Waals surface area (Å²) in [5.41, 5.74) is 0. The average Bonchev–Trinajstić information content (AvgIpc) is 2.66. The summed E-state index contributed by atoms with van der Waals surface area (Å²) in [5.74, 6) is 0.0134. The number of amides is 2. The van der Waals surface area contributed by atoms with Crippen molar-refractivity contribution in [3.05, 3.63) is 12.3 Å². The van der Waals surface area contributed by atoms with E-state index in [1.165, 1.54) is 0 Å². The van der Waals surface area contributed by atoms with Crippen molar-refractivity contribution in [1.82, 2.24) is 15.1 Å². The fourth-order valence-corrected chi connectivity index (χ4v) is 2.89. The van der Waals surface area contributed by atoms with Crippen LogP contribution in [0, 0.1) is 5.92 Å². The third-order valence-electron chi connectivity index (χ3n) is 3.97. The van der Waals surface area contributed by atoms with Crippen LogP contribution in [0.25, 0.3) is 0 Å². The zero-order chi connectivity index (χ0) is 15.0. The van der Waals surface area contributed by atoms with Gasteiger partial charge in [0.15, 0.2) is 0 Å². The number of aliphatic hydroxyl groups excluding tert-OH is 1. The Morgan fingerprint density at radius 1 is 1.52 bits per heavy atom. The van der Waals surface area contributed by atoms with Gasteiger partial charge < -0.3 is 15.3 Å². The summed E-state index contributed by atoms with van der Waals surface area (Å²) in [7, 11) is 3.73. The second kappa shape index (κ2) is 5.63. The topological polar surface area (TPSA) is 86.6 Å². The number of hydrogen-bond donors (Lipinski definition) is 2. The maximum atomic E-state index is 12.2. The molecule has 0 spiro atoms. The van der Waals surface area contributed by atoms with E-state index in [4.69, 9.17) is 9.78 Å². The highest BCUT2D eigenvalue weighted by molar-refractivity contribution is 5.78. The van der Waals surface area contributed by atoms with Crippen molar-refractivity contribution in [2.75, 3.05) is 20.7 Å². The van der Waals surface area contributed by atoms with Crippen LogP contribution in [-0.2, 0) is 9.78 Å². The molecule has 3 aliphatic rings. The Labute approximate surface area is 122 Å². The highest BCUT2D eigenvalue weighted by Gasteiger charge is 2.55. The molecule has 21 heavy (non-hydrogen) atoms. The van der Waals surface area contributed by atoms with Crippen LogP contribution in [0.4, 0.5) is 4.79 Å². The number of carbonyl (C=O) groups is 1. The minimum absolute atomic E-state index is 0.0134. The van der Waals surface area contributed by atoms with Crippen molar-refractivity contribution in [3.8, 4) is 0 Å². The molecular weight excluding hydrogens is 276 g/mol. The molecule has 2 amide bonds. The number of aliphatic imine (C=N–C) groups is 1. The maximum absolute atomic E-state index is 12.2. The van der Waals surface area contributed by atoms with Crippen LogP contribution in [0.2, 0.25) is 0 Å². The molecule has 0 bridgehead atoms. The molecule has 1 saturated heterocycles. The molecule has 2 N–H and O–H groups in total. The first kappa shape index (κ1) is 14.3. The minimum Gasteiger partial charge on any atom is -0.396 e. The quantitative estimate of drug-likeness (QED) is 0.416. The van der Waals surface area contributed by atoms with Crippen LogP contribution >= 0.6 is 0 Å². The number of nitrogens with one attached hydrogen (secondary N) is 1. The van der Waals surface area contributed by atoms with Crippen LogP contribution < -0.4 is 5.32 Å². The first-order valence-corrected chi connectivity index (χ1v) is 7.00. The molecule has 0 aromatic carbocycles. The molecule has 0 aromatic rings. The Balaban J connectivity index is 1.67. The van der Waals surface area contributed by atoms with Crippen LogP contribution in [0.3, 0.4) is 0 Å². The van der Waals surface area contributed by atoms with Gasteiger partial charge in [0.25, 0.3) is 0 Å². The van der Waals surface area contributed by atoms with Crippen LogP contribution in [0.15, 0.2) is 17.3 Å². The van der Waals surface area contributed by atoms with Gasteiger partial charge >= 0.3 is 6.03 Å². The van der Waals surface area contributed by atoms with E-state index in [1.807, 2.05) is 20.2 Å². The van der Waals surface area contributed by atoms with Gasteiger partial charge in [0.1, 0.15) is 18.4 Å². The van der Waals surface area contributed by atoms with Gasteiger partial charge in [0, 0.05) is 32.8 Å². The van der Waals surface area contributed by atoms with Crippen molar-refractivity contribution in [2.45, 2.75) is 30.8 Å².